The second-order valence-electron chi connectivity index (χ2n) is 6.78. The van der Waals surface area contributed by atoms with Crippen molar-refractivity contribution < 1.29 is 9.13 Å². The summed E-state index contributed by atoms with van der Waals surface area (Å²) in [7, 11) is 2.18. The number of aryl methyl sites for hydroxylation is 1. The van der Waals surface area contributed by atoms with Gasteiger partial charge in [0.05, 0.1) is 0 Å². The van der Waals surface area contributed by atoms with E-state index in [9.17, 15) is 4.39 Å². The van der Waals surface area contributed by atoms with Crippen LogP contribution >= 0.6 is 0 Å². The van der Waals surface area contributed by atoms with Crippen molar-refractivity contribution >= 4 is 0 Å². The first-order chi connectivity index (χ1) is 12.2. The van der Waals surface area contributed by atoms with Gasteiger partial charge in [-0.3, -0.25) is 0 Å². The molecule has 1 saturated heterocycles. The third-order valence-corrected chi connectivity index (χ3v) is 4.79. The van der Waals surface area contributed by atoms with Crippen molar-refractivity contribution in [2.45, 2.75) is 19.4 Å². The first-order valence-corrected chi connectivity index (χ1v) is 9.07. The molecule has 4 heteroatoms. The minimum absolute atomic E-state index is 0.217. The van der Waals surface area contributed by atoms with Gasteiger partial charge in [0.2, 0.25) is 0 Å². The Morgan fingerprint density at radius 3 is 2.60 bits per heavy atom. The molecule has 1 fully saturated rings. The van der Waals surface area contributed by atoms with E-state index in [2.05, 4.69) is 29.0 Å². The van der Waals surface area contributed by atoms with Crippen LogP contribution in [0.1, 0.15) is 17.5 Å². The number of ether oxygens (including phenoxy) is 1. The van der Waals surface area contributed by atoms with Gasteiger partial charge >= 0.3 is 0 Å². The minimum atomic E-state index is -0.217. The van der Waals surface area contributed by atoms with Crippen molar-refractivity contribution in [3.63, 3.8) is 0 Å². The summed E-state index contributed by atoms with van der Waals surface area (Å²) in [6.45, 7) is 6.08. The molecule has 0 aliphatic carbocycles. The molecular formula is C21H27FN2O. The van der Waals surface area contributed by atoms with Gasteiger partial charge in [0.15, 0.2) is 0 Å². The van der Waals surface area contributed by atoms with Gasteiger partial charge in [-0.1, -0.05) is 30.3 Å². The molecule has 0 amide bonds. The van der Waals surface area contributed by atoms with Crippen LogP contribution in [0, 0.1) is 5.82 Å². The molecule has 3 rings (SSSR count). The largest absolute Gasteiger partial charge is 0.489 e. The summed E-state index contributed by atoms with van der Waals surface area (Å²) < 4.78 is 19.4. The fourth-order valence-corrected chi connectivity index (χ4v) is 3.15. The van der Waals surface area contributed by atoms with Gasteiger partial charge in [0, 0.05) is 31.7 Å². The number of benzene rings is 2. The van der Waals surface area contributed by atoms with Gasteiger partial charge in [0.1, 0.15) is 18.2 Å². The van der Waals surface area contributed by atoms with Crippen LogP contribution in [0.3, 0.4) is 0 Å². The smallest absolute Gasteiger partial charge is 0.129 e. The third kappa shape index (κ3) is 5.55. The van der Waals surface area contributed by atoms with Crippen molar-refractivity contribution in [1.82, 2.24) is 9.80 Å². The van der Waals surface area contributed by atoms with Crippen molar-refractivity contribution in [1.29, 1.82) is 0 Å². The Morgan fingerprint density at radius 2 is 1.80 bits per heavy atom. The van der Waals surface area contributed by atoms with Gasteiger partial charge in [-0.25, -0.2) is 4.39 Å². The van der Waals surface area contributed by atoms with Gasteiger partial charge in [-0.15, -0.1) is 0 Å². The fraction of sp³-hybridized carbons (Fsp3) is 0.429. The lowest BCUT2D eigenvalue weighted by molar-refractivity contribution is 0.153. The second-order valence-corrected chi connectivity index (χ2v) is 6.78. The lowest BCUT2D eigenvalue weighted by Gasteiger charge is -2.32. The molecule has 2 aromatic carbocycles. The summed E-state index contributed by atoms with van der Waals surface area (Å²) >= 11 is 0. The molecule has 1 heterocycles. The Labute approximate surface area is 150 Å². The predicted octanol–water partition coefficient (Wildman–Crippen LogP) is 3.58. The zero-order chi connectivity index (χ0) is 17.5. The molecule has 0 saturated carbocycles. The fourth-order valence-electron chi connectivity index (χ4n) is 3.15. The van der Waals surface area contributed by atoms with E-state index in [4.69, 9.17) is 4.74 Å². The molecule has 3 nitrogen and oxygen atoms in total. The Hall–Kier alpha value is -1.91. The van der Waals surface area contributed by atoms with E-state index >= 15 is 0 Å². The first kappa shape index (κ1) is 17.9. The number of piperazine rings is 1. The molecule has 0 unspecified atom stereocenters. The maximum atomic E-state index is 13.7. The minimum Gasteiger partial charge on any atom is -0.489 e. The Balaban J connectivity index is 1.45. The zero-order valence-electron chi connectivity index (χ0n) is 15.0. The monoisotopic (exact) mass is 342 g/mol. The molecule has 0 radical (unpaired) electrons. The highest BCUT2D eigenvalue weighted by Gasteiger charge is 2.12. The number of likely N-dealkylation sites (N-methyl/N-ethyl adjacent to an activating group) is 1. The predicted molar refractivity (Wildman–Crippen MR) is 99.4 cm³/mol. The zero-order valence-corrected chi connectivity index (χ0v) is 15.0. The summed E-state index contributed by atoms with van der Waals surface area (Å²) in [4.78, 5) is 4.92. The molecule has 0 bridgehead atoms. The van der Waals surface area contributed by atoms with Crippen LogP contribution in [0.2, 0.25) is 0 Å². The van der Waals surface area contributed by atoms with Crippen LogP contribution in [-0.4, -0.2) is 49.6 Å². The topological polar surface area (TPSA) is 15.7 Å². The van der Waals surface area contributed by atoms with Crippen molar-refractivity contribution in [2.24, 2.45) is 0 Å². The Kier molecular flexibility index (Phi) is 6.42. The summed E-state index contributed by atoms with van der Waals surface area (Å²) in [5, 5.41) is 0. The number of nitrogens with zero attached hydrogens (tertiary/aromatic N) is 2. The van der Waals surface area contributed by atoms with Gasteiger partial charge in [-0.2, -0.15) is 0 Å². The van der Waals surface area contributed by atoms with Crippen LogP contribution < -0.4 is 4.74 Å². The van der Waals surface area contributed by atoms with Crippen LogP contribution in [-0.2, 0) is 13.0 Å². The highest BCUT2D eigenvalue weighted by molar-refractivity contribution is 5.29. The normalized spacial score (nSPS) is 16.1. The highest BCUT2D eigenvalue weighted by atomic mass is 19.1. The van der Waals surface area contributed by atoms with Gasteiger partial charge < -0.3 is 14.5 Å². The third-order valence-electron chi connectivity index (χ3n) is 4.79. The van der Waals surface area contributed by atoms with E-state index in [1.807, 2.05) is 18.2 Å². The van der Waals surface area contributed by atoms with Crippen LogP contribution in [0.5, 0.6) is 5.75 Å². The van der Waals surface area contributed by atoms with E-state index in [1.165, 1.54) is 37.8 Å². The lowest BCUT2D eigenvalue weighted by atomic mass is 10.1. The molecule has 2 aromatic rings. The summed E-state index contributed by atoms with van der Waals surface area (Å²) in [5.74, 6) is 0.589. The summed E-state index contributed by atoms with van der Waals surface area (Å²) in [6, 6.07) is 14.9. The average Bonchev–Trinajstić information content (AvgIpc) is 2.63. The molecule has 0 N–H and O–H groups in total. The molecule has 134 valence electrons. The average molecular weight is 342 g/mol. The Morgan fingerprint density at radius 1 is 1.00 bits per heavy atom. The maximum Gasteiger partial charge on any atom is 0.129 e. The van der Waals surface area contributed by atoms with Gasteiger partial charge in [-0.05, 0) is 50.2 Å². The van der Waals surface area contributed by atoms with E-state index in [0.29, 0.717) is 5.56 Å². The number of halogens is 1. The van der Waals surface area contributed by atoms with Crippen LogP contribution in [0.15, 0.2) is 48.5 Å². The molecule has 0 atom stereocenters. The molecule has 0 aromatic heterocycles. The van der Waals surface area contributed by atoms with E-state index < -0.39 is 0 Å². The number of hydrogen-bond acceptors (Lipinski definition) is 3. The lowest BCUT2D eigenvalue weighted by Crippen LogP contribution is -2.44. The summed E-state index contributed by atoms with van der Waals surface area (Å²) in [5.41, 5.74) is 1.86. The summed E-state index contributed by atoms with van der Waals surface area (Å²) in [6.07, 6.45) is 2.20. The Bertz CT molecular complexity index is 668. The van der Waals surface area contributed by atoms with Gasteiger partial charge in [0.25, 0.3) is 0 Å². The van der Waals surface area contributed by atoms with E-state index in [1.54, 1.807) is 12.1 Å². The second kappa shape index (κ2) is 8.97. The molecule has 1 aliphatic heterocycles. The molecule has 25 heavy (non-hydrogen) atoms. The van der Waals surface area contributed by atoms with Crippen LogP contribution in [0.25, 0.3) is 0 Å². The maximum absolute atomic E-state index is 13.7. The highest BCUT2D eigenvalue weighted by Crippen LogP contribution is 2.17. The number of hydrogen-bond donors (Lipinski definition) is 0. The van der Waals surface area contributed by atoms with Crippen molar-refractivity contribution in [2.75, 3.05) is 39.8 Å². The van der Waals surface area contributed by atoms with E-state index in [-0.39, 0.29) is 12.4 Å². The van der Waals surface area contributed by atoms with E-state index in [0.717, 1.165) is 25.1 Å². The van der Waals surface area contributed by atoms with Crippen molar-refractivity contribution in [3.05, 3.63) is 65.5 Å². The van der Waals surface area contributed by atoms with Crippen LogP contribution in [0.4, 0.5) is 4.39 Å². The van der Waals surface area contributed by atoms with Crippen molar-refractivity contribution in [3.8, 4) is 5.75 Å². The first-order valence-electron chi connectivity index (χ1n) is 9.07. The molecular weight excluding hydrogens is 315 g/mol. The molecule has 0 spiro atoms. The quantitative estimate of drug-likeness (QED) is 0.765. The molecule has 1 aliphatic rings. The SMILES string of the molecule is CN1CCN(CCCc2cccc(OCc3ccccc3F)c2)CC1. The number of rotatable bonds is 7. The standard InChI is InChI=1S/C21H27FN2O/c1-23-12-14-24(15-13-23)11-5-7-18-6-4-9-20(16-18)25-17-19-8-2-3-10-21(19)22/h2-4,6,8-10,16H,5,7,11-15,17H2,1H3.